The van der Waals surface area contributed by atoms with Gasteiger partial charge in [-0.05, 0) is 28.8 Å². The maximum absolute atomic E-state index is 4.43. The van der Waals surface area contributed by atoms with Gasteiger partial charge in [-0.15, -0.1) is 0 Å². The minimum absolute atomic E-state index is 1.06. The molecule has 0 amide bonds. The molecule has 76 valence electrons. The molecule has 4 heteroatoms. The van der Waals surface area contributed by atoms with E-state index in [-0.39, 0.29) is 0 Å². The van der Waals surface area contributed by atoms with E-state index >= 15 is 0 Å². The number of hydrogen-bond acceptors (Lipinski definition) is 3. The Balaban J connectivity index is 2.53. The summed E-state index contributed by atoms with van der Waals surface area (Å²) in [6.45, 7) is 1.06. The second kappa shape index (κ2) is 3.77. The summed E-state index contributed by atoms with van der Waals surface area (Å²) in [5.41, 5.74) is 2.55. The van der Waals surface area contributed by atoms with Gasteiger partial charge in [0.05, 0.1) is 10.2 Å². The smallest absolute Gasteiger partial charge is 0.133 e. The molecule has 0 aromatic carbocycles. The molecule has 0 radical (unpaired) electrons. The molecule has 14 heavy (non-hydrogen) atoms. The number of nitrogens with one attached hydrogen (secondary N) is 1. The van der Waals surface area contributed by atoms with Crippen LogP contribution >= 0.6 is 15.9 Å². The Morgan fingerprint density at radius 2 is 2.29 bits per heavy atom. The van der Waals surface area contributed by atoms with Crippen LogP contribution in [0.3, 0.4) is 0 Å². The second-order valence-corrected chi connectivity index (χ2v) is 4.56. The van der Waals surface area contributed by atoms with Crippen LogP contribution in [0.2, 0.25) is 0 Å². The summed E-state index contributed by atoms with van der Waals surface area (Å²) in [5.74, 6) is 1.08. The van der Waals surface area contributed by atoms with Crippen LogP contribution in [-0.4, -0.2) is 25.6 Å². The van der Waals surface area contributed by atoms with Gasteiger partial charge in [0.1, 0.15) is 5.82 Å². The zero-order valence-electron chi connectivity index (χ0n) is 8.47. The number of fused-ring (bicyclic) bond motifs is 1. The molecular formula is C10H14BrN3. The number of anilines is 2. The van der Waals surface area contributed by atoms with E-state index in [2.05, 4.69) is 31.1 Å². The average molecular weight is 256 g/mol. The third-order valence-corrected chi connectivity index (χ3v) is 3.04. The zero-order valence-corrected chi connectivity index (χ0v) is 10.1. The van der Waals surface area contributed by atoms with Crippen LogP contribution < -0.4 is 10.2 Å². The first-order chi connectivity index (χ1) is 6.70. The normalized spacial score (nSPS) is 14.5. The van der Waals surface area contributed by atoms with Crippen molar-refractivity contribution in [2.45, 2.75) is 12.8 Å². The molecule has 0 saturated carbocycles. The van der Waals surface area contributed by atoms with Crippen molar-refractivity contribution in [3.63, 3.8) is 0 Å². The molecule has 0 saturated heterocycles. The van der Waals surface area contributed by atoms with E-state index in [9.17, 15) is 0 Å². The van der Waals surface area contributed by atoms with Gasteiger partial charge < -0.3 is 10.2 Å². The fraction of sp³-hybridized carbons (Fsp3) is 0.500. The lowest BCUT2D eigenvalue weighted by Gasteiger charge is -2.24. The van der Waals surface area contributed by atoms with E-state index in [0.717, 1.165) is 23.3 Å². The van der Waals surface area contributed by atoms with E-state index in [1.165, 1.54) is 17.7 Å². The summed E-state index contributed by atoms with van der Waals surface area (Å²) in [7, 11) is 4.07. The highest BCUT2D eigenvalue weighted by molar-refractivity contribution is 9.10. The maximum atomic E-state index is 4.43. The largest absolute Gasteiger partial charge is 0.384 e. The molecule has 0 aliphatic carbocycles. The molecule has 1 aromatic heterocycles. The lowest BCUT2D eigenvalue weighted by atomic mass is 10.0. The van der Waals surface area contributed by atoms with Crippen molar-refractivity contribution in [3.8, 4) is 0 Å². The number of halogens is 1. The Labute approximate surface area is 92.6 Å². The average Bonchev–Trinajstić information content (AvgIpc) is 2.18. The van der Waals surface area contributed by atoms with Crippen molar-refractivity contribution >= 4 is 27.4 Å². The quantitative estimate of drug-likeness (QED) is 0.835. The standard InChI is InChI=1S/C10H14BrN3/c1-14(2)10-7-4-3-5-12-9(7)8(11)6-13-10/h6,12H,3-5H2,1-2H3. The SMILES string of the molecule is CN(C)c1ncc(Br)c2c1CCCN2. The third-order valence-electron chi connectivity index (χ3n) is 2.44. The van der Waals surface area contributed by atoms with E-state index in [1.807, 2.05) is 20.3 Å². The lowest BCUT2D eigenvalue weighted by Crippen LogP contribution is -2.19. The summed E-state index contributed by atoms with van der Waals surface area (Å²) < 4.78 is 1.07. The molecule has 0 spiro atoms. The summed E-state index contributed by atoms with van der Waals surface area (Å²) in [6.07, 6.45) is 4.17. The minimum atomic E-state index is 1.06. The van der Waals surface area contributed by atoms with Crippen molar-refractivity contribution in [2.24, 2.45) is 0 Å². The van der Waals surface area contributed by atoms with Gasteiger partial charge in [-0.25, -0.2) is 4.98 Å². The summed E-state index contributed by atoms with van der Waals surface area (Å²) in [4.78, 5) is 6.50. The molecule has 1 aromatic rings. The van der Waals surface area contributed by atoms with E-state index < -0.39 is 0 Å². The van der Waals surface area contributed by atoms with Crippen LogP contribution in [0.25, 0.3) is 0 Å². The molecule has 1 aliphatic heterocycles. The fourth-order valence-corrected chi connectivity index (χ4v) is 2.29. The highest BCUT2D eigenvalue weighted by Gasteiger charge is 2.17. The van der Waals surface area contributed by atoms with Gasteiger partial charge in [0.25, 0.3) is 0 Å². The molecule has 1 aliphatic rings. The van der Waals surface area contributed by atoms with Crippen molar-refractivity contribution in [1.29, 1.82) is 0 Å². The van der Waals surface area contributed by atoms with Crippen LogP contribution in [-0.2, 0) is 6.42 Å². The molecule has 3 nitrogen and oxygen atoms in total. The fourth-order valence-electron chi connectivity index (χ4n) is 1.81. The molecule has 0 unspecified atom stereocenters. The van der Waals surface area contributed by atoms with Gasteiger partial charge in [-0.1, -0.05) is 0 Å². The van der Waals surface area contributed by atoms with Gasteiger partial charge in [-0.3, -0.25) is 0 Å². The topological polar surface area (TPSA) is 28.2 Å². The number of aromatic nitrogens is 1. The number of rotatable bonds is 1. The van der Waals surface area contributed by atoms with E-state index in [0.29, 0.717) is 0 Å². The Bertz CT molecular complexity index is 349. The third kappa shape index (κ3) is 1.59. The number of hydrogen-bond donors (Lipinski definition) is 1. The molecular weight excluding hydrogens is 242 g/mol. The second-order valence-electron chi connectivity index (χ2n) is 3.71. The first kappa shape index (κ1) is 9.77. The van der Waals surface area contributed by atoms with Crippen LogP contribution in [0.4, 0.5) is 11.5 Å². The summed E-state index contributed by atoms with van der Waals surface area (Å²) in [6, 6.07) is 0. The van der Waals surface area contributed by atoms with Crippen LogP contribution in [0.5, 0.6) is 0 Å². The Hall–Kier alpha value is -0.770. The zero-order chi connectivity index (χ0) is 10.1. The molecule has 0 fully saturated rings. The first-order valence-corrected chi connectivity index (χ1v) is 5.58. The van der Waals surface area contributed by atoms with Gasteiger partial charge in [0, 0.05) is 32.4 Å². The van der Waals surface area contributed by atoms with Crippen LogP contribution in [0.1, 0.15) is 12.0 Å². The minimum Gasteiger partial charge on any atom is -0.384 e. The Morgan fingerprint density at radius 3 is 3.00 bits per heavy atom. The lowest BCUT2D eigenvalue weighted by molar-refractivity contribution is 0.816. The van der Waals surface area contributed by atoms with Gasteiger partial charge in [0.2, 0.25) is 0 Å². The first-order valence-electron chi connectivity index (χ1n) is 4.78. The molecule has 1 N–H and O–H groups in total. The van der Waals surface area contributed by atoms with Crippen molar-refractivity contribution in [2.75, 3.05) is 30.9 Å². The Kier molecular flexibility index (Phi) is 2.63. The molecule has 2 heterocycles. The van der Waals surface area contributed by atoms with Crippen molar-refractivity contribution < 1.29 is 0 Å². The predicted molar refractivity (Wildman–Crippen MR) is 63.1 cm³/mol. The van der Waals surface area contributed by atoms with Crippen LogP contribution in [0.15, 0.2) is 10.7 Å². The van der Waals surface area contributed by atoms with E-state index in [4.69, 9.17) is 0 Å². The van der Waals surface area contributed by atoms with Crippen molar-refractivity contribution in [1.82, 2.24) is 4.98 Å². The highest BCUT2D eigenvalue weighted by Crippen LogP contribution is 2.34. The maximum Gasteiger partial charge on any atom is 0.133 e. The molecule has 2 rings (SSSR count). The molecule has 0 bridgehead atoms. The van der Waals surface area contributed by atoms with Gasteiger partial charge in [-0.2, -0.15) is 0 Å². The monoisotopic (exact) mass is 255 g/mol. The number of pyridine rings is 1. The summed E-state index contributed by atoms with van der Waals surface area (Å²) >= 11 is 3.52. The van der Waals surface area contributed by atoms with E-state index in [1.54, 1.807) is 0 Å². The predicted octanol–water partition coefficient (Wildman–Crippen LogP) is 2.27. The summed E-state index contributed by atoms with van der Waals surface area (Å²) in [5, 5.41) is 3.41. The Morgan fingerprint density at radius 1 is 1.50 bits per heavy atom. The van der Waals surface area contributed by atoms with Crippen LogP contribution in [0, 0.1) is 0 Å². The molecule has 0 atom stereocenters. The number of nitrogens with zero attached hydrogens (tertiary/aromatic N) is 2. The van der Waals surface area contributed by atoms with Gasteiger partial charge in [0.15, 0.2) is 0 Å². The highest BCUT2D eigenvalue weighted by atomic mass is 79.9. The van der Waals surface area contributed by atoms with Crippen molar-refractivity contribution in [3.05, 3.63) is 16.2 Å². The van der Waals surface area contributed by atoms with Gasteiger partial charge >= 0.3 is 0 Å².